The van der Waals surface area contributed by atoms with Gasteiger partial charge in [-0.25, -0.2) is 0 Å². The van der Waals surface area contributed by atoms with Crippen LogP contribution in [0.3, 0.4) is 0 Å². The molecule has 7 heteroatoms. The Morgan fingerprint density at radius 3 is 2.47 bits per heavy atom. The molecule has 2 fully saturated rings. The van der Waals surface area contributed by atoms with Gasteiger partial charge < -0.3 is 20.4 Å². The molecule has 6 nitrogen and oxygen atoms in total. The van der Waals surface area contributed by atoms with Gasteiger partial charge in [0.1, 0.15) is 11.6 Å². The van der Waals surface area contributed by atoms with Gasteiger partial charge in [-0.15, -0.1) is 0 Å². The minimum atomic E-state index is 0.106. The van der Waals surface area contributed by atoms with Gasteiger partial charge in [0, 0.05) is 31.7 Å². The molecule has 2 atom stereocenters. The number of anilines is 3. The second kappa shape index (κ2) is 9.60. The second-order valence-corrected chi connectivity index (χ2v) is 8.78. The van der Waals surface area contributed by atoms with Gasteiger partial charge in [-0.3, -0.25) is 0 Å². The third-order valence-electron chi connectivity index (χ3n) is 6.10. The van der Waals surface area contributed by atoms with Gasteiger partial charge in [0.25, 0.3) is 0 Å². The summed E-state index contributed by atoms with van der Waals surface area (Å²) in [4.78, 5) is 14.4. The Balaban J connectivity index is 1.53. The van der Waals surface area contributed by atoms with Gasteiger partial charge in [-0.05, 0) is 63.7 Å². The first-order chi connectivity index (χ1) is 14.6. The van der Waals surface area contributed by atoms with E-state index in [0.29, 0.717) is 17.1 Å². The van der Waals surface area contributed by atoms with Crippen molar-refractivity contribution in [3.63, 3.8) is 0 Å². The number of nitrogens with zero attached hydrogens (tertiary/aromatic N) is 4. The smallest absolute Gasteiger partial charge is 0.232 e. The van der Waals surface area contributed by atoms with Crippen LogP contribution in [-0.4, -0.2) is 40.8 Å². The molecule has 2 saturated heterocycles. The van der Waals surface area contributed by atoms with Crippen LogP contribution < -0.4 is 20.4 Å². The van der Waals surface area contributed by atoms with Crippen LogP contribution in [0.25, 0.3) is 0 Å². The maximum Gasteiger partial charge on any atom is 0.232 e. The fraction of sp³-hybridized carbons (Fsp3) is 0.522. The number of nitrogens with one attached hydrogen (secondary N) is 2. The van der Waals surface area contributed by atoms with Crippen molar-refractivity contribution >= 4 is 34.9 Å². The molecule has 2 N–H and O–H groups in total. The van der Waals surface area contributed by atoms with E-state index >= 15 is 0 Å². The minimum Gasteiger partial charge on any atom is -0.356 e. The summed E-state index contributed by atoms with van der Waals surface area (Å²) >= 11 is 5.58. The number of benzene rings is 1. The fourth-order valence-corrected chi connectivity index (χ4v) is 4.60. The summed E-state index contributed by atoms with van der Waals surface area (Å²) in [6.07, 6.45) is 6.15. The minimum absolute atomic E-state index is 0.106. The van der Waals surface area contributed by atoms with Crippen molar-refractivity contribution < 1.29 is 0 Å². The van der Waals surface area contributed by atoms with Crippen LogP contribution in [0, 0.1) is 0 Å². The Morgan fingerprint density at radius 2 is 1.73 bits per heavy atom. The monoisotopic (exact) mass is 424 g/mol. The average molecular weight is 425 g/mol. The SMILES string of the molecule is C[C@@H](NC(=S)Nc1nc(N2CCCC2)cc(N2CCCC[C@@H]2C)n1)c1ccccc1. The molecule has 0 aliphatic carbocycles. The molecule has 0 spiro atoms. The van der Waals surface area contributed by atoms with Gasteiger partial charge in [0.15, 0.2) is 5.11 Å². The van der Waals surface area contributed by atoms with Crippen molar-refractivity contribution in [3.8, 4) is 0 Å². The first kappa shape index (κ1) is 20.8. The molecular weight excluding hydrogens is 392 g/mol. The lowest BCUT2D eigenvalue weighted by Gasteiger charge is -2.35. The summed E-state index contributed by atoms with van der Waals surface area (Å²) in [7, 11) is 0. The molecule has 160 valence electrons. The molecule has 1 aromatic carbocycles. The molecule has 0 bridgehead atoms. The van der Waals surface area contributed by atoms with E-state index in [-0.39, 0.29) is 6.04 Å². The molecule has 2 aliphatic rings. The fourth-order valence-electron chi connectivity index (χ4n) is 4.33. The quantitative estimate of drug-likeness (QED) is 0.685. The molecule has 0 radical (unpaired) electrons. The Kier molecular flexibility index (Phi) is 6.67. The van der Waals surface area contributed by atoms with Crippen LogP contribution in [0.1, 0.15) is 57.6 Å². The first-order valence-electron chi connectivity index (χ1n) is 11.1. The van der Waals surface area contributed by atoms with Crippen molar-refractivity contribution in [2.24, 2.45) is 0 Å². The molecule has 1 aromatic heterocycles. The first-order valence-corrected chi connectivity index (χ1v) is 11.5. The van der Waals surface area contributed by atoms with Crippen molar-refractivity contribution in [1.82, 2.24) is 15.3 Å². The summed E-state index contributed by atoms with van der Waals surface area (Å²) in [5, 5.41) is 7.14. The molecule has 0 saturated carbocycles. The lowest BCUT2D eigenvalue weighted by Crippen LogP contribution is -2.38. The lowest BCUT2D eigenvalue weighted by atomic mass is 10.0. The predicted molar refractivity (Wildman–Crippen MR) is 128 cm³/mol. The molecule has 3 heterocycles. The highest BCUT2D eigenvalue weighted by Gasteiger charge is 2.23. The summed E-state index contributed by atoms with van der Waals surface area (Å²) in [6.45, 7) is 7.55. The standard InChI is InChI=1S/C23H32N6S/c1-17-10-6-7-15-29(17)21-16-20(28-13-8-9-14-28)25-22(26-21)27-23(30)24-18(2)19-11-4-3-5-12-19/h3-5,11-12,16-18H,6-10,13-15H2,1-2H3,(H2,24,25,26,27,30)/t17-,18+/m0/s1. The molecule has 2 aliphatic heterocycles. The second-order valence-electron chi connectivity index (χ2n) is 8.37. The van der Waals surface area contributed by atoms with Gasteiger partial charge in [0.2, 0.25) is 5.95 Å². The number of thiocarbonyl (C=S) groups is 1. The van der Waals surface area contributed by atoms with Gasteiger partial charge in [0.05, 0.1) is 6.04 Å². The molecule has 4 rings (SSSR count). The van der Waals surface area contributed by atoms with Crippen LogP contribution in [0.4, 0.5) is 17.6 Å². The van der Waals surface area contributed by atoms with Crippen LogP contribution in [0.15, 0.2) is 36.4 Å². The van der Waals surface area contributed by atoms with E-state index in [0.717, 1.165) is 31.3 Å². The highest BCUT2D eigenvalue weighted by Crippen LogP contribution is 2.28. The summed E-state index contributed by atoms with van der Waals surface area (Å²) in [6, 6.07) is 13.1. The average Bonchev–Trinajstić information content (AvgIpc) is 3.29. The highest BCUT2D eigenvalue weighted by atomic mass is 32.1. The summed E-state index contributed by atoms with van der Waals surface area (Å²) in [5.41, 5.74) is 1.19. The van der Waals surface area contributed by atoms with Crippen LogP contribution in [0.5, 0.6) is 0 Å². The molecule has 30 heavy (non-hydrogen) atoms. The van der Waals surface area contributed by atoms with E-state index in [2.05, 4.69) is 52.5 Å². The molecule has 2 aromatic rings. The normalized spacial score (nSPS) is 20.1. The van der Waals surface area contributed by atoms with Gasteiger partial charge >= 0.3 is 0 Å². The molecule has 0 unspecified atom stereocenters. The number of hydrogen-bond acceptors (Lipinski definition) is 5. The zero-order chi connectivity index (χ0) is 20.9. The highest BCUT2D eigenvalue weighted by molar-refractivity contribution is 7.80. The number of hydrogen-bond donors (Lipinski definition) is 2. The third-order valence-corrected chi connectivity index (χ3v) is 6.32. The van der Waals surface area contributed by atoms with Gasteiger partial charge in [-0.2, -0.15) is 9.97 Å². The van der Waals surface area contributed by atoms with Crippen LogP contribution in [-0.2, 0) is 0 Å². The van der Waals surface area contributed by atoms with Crippen molar-refractivity contribution in [1.29, 1.82) is 0 Å². The van der Waals surface area contributed by atoms with E-state index in [4.69, 9.17) is 22.2 Å². The summed E-state index contributed by atoms with van der Waals surface area (Å²) in [5.74, 6) is 2.57. The van der Waals surface area contributed by atoms with Crippen molar-refractivity contribution in [2.45, 2.75) is 58.0 Å². The number of aromatic nitrogens is 2. The van der Waals surface area contributed by atoms with E-state index in [1.165, 1.54) is 37.7 Å². The predicted octanol–water partition coefficient (Wildman–Crippen LogP) is 4.50. The molecule has 0 amide bonds. The summed E-state index contributed by atoms with van der Waals surface area (Å²) < 4.78 is 0. The van der Waals surface area contributed by atoms with Crippen molar-refractivity contribution in [2.75, 3.05) is 34.8 Å². The van der Waals surface area contributed by atoms with E-state index in [1.807, 2.05) is 18.2 Å². The zero-order valence-corrected chi connectivity index (χ0v) is 18.8. The van der Waals surface area contributed by atoms with Crippen LogP contribution in [0.2, 0.25) is 0 Å². The Bertz CT molecular complexity index is 852. The van der Waals surface area contributed by atoms with Crippen LogP contribution >= 0.6 is 12.2 Å². The third kappa shape index (κ3) is 5.01. The van der Waals surface area contributed by atoms with E-state index in [1.54, 1.807) is 0 Å². The van der Waals surface area contributed by atoms with E-state index < -0.39 is 0 Å². The Hall–Kier alpha value is -2.41. The Labute approximate surface area is 185 Å². The number of rotatable bonds is 5. The maximum absolute atomic E-state index is 5.58. The van der Waals surface area contributed by atoms with Gasteiger partial charge in [-0.1, -0.05) is 30.3 Å². The zero-order valence-electron chi connectivity index (χ0n) is 18.0. The van der Waals surface area contributed by atoms with Crippen molar-refractivity contribution in [3.05, 3.63) is 42.0 Å². The maximum atomic E-state index is 5.58. The Morgan fingerprint density at radius 1 is 1.03 bits per heavy atom. The largest absolute Gasteiger partial charge is 0.356 e. The topological polar surface area (TPSA) is 56.3 Å². The number of piperidine rings is 1. The molecular formula is C23H32N6S. The van der Waals surface area contributed by atoms with E-state index in [9.17, 15) is 0 Å². The lowest BCUT2D eigenvalue weighted by molar-refractivity contribution is 0.481.